The van der Waals surface area contributed by atoms with E-state index in [1.54, 1.807) is 0 Å². The Labute approximate surface area is 93.8 Å². The second-order valence-corrected chi connectivity index (χ2v) is 3.96. The van der Waals surface area contributed by atoms with Crippen LogP contribution < -0.4 is 0 Å². The average molecular weight is 218 g/mol. The normalized spacial score (nSPS) is 13.8. The van der Waals surface area contributed by atoms with Crippen molar-refractivity contribution in [1.82, 2.24) is 9.80 Å². The fraction of sp³-hybridized carbons (Fsp3) is 1.00. The zero-order chi connectivity index (χ0) is 11.7. The molecule has 0 aliphatic heterocycles. The molecule has 1 unspecified atom stereocenters. The van der Waals surface area contributed by atoms with Gasteiger partial charge in [0.2, 0.25) is 0 Å². The summed E-state index contributed by atoms with van der Waals surface area (Å²) in [6.07, 6.45) is -0.0597. The molecule has 1 N–H and O–H groups in total. The van der Waals surface area contributed by atoms with E-state index in [9.17, 15) is 0 Å². The number of rotatable bonds is 9. The summed E-state index contributed by atoms with van der Waals surface area (Å²) in [6, 6.07) is 0. The number of likely N-dealkylation sites (N-methyl/N-ethyl adjacent to an activating group) is 2. The lowest BCUT2D eigenvalue weighted by Crippen LogP contribution is -2.34. The van der Waals surface area contributed by atoms with Crippen molar-refractivity contribution in [2.24, 2.45) is 0 Å². The van der Waals surface area contributed by atoms with E-state index in [4.69, 9.17) is 9.84 Å². The Hall–Kier alpha value is -0.160. The van der Waals surface area contributed by atoms with Gasteiger partial charge in [-0.25, -0.2) is 0 Å². The van der Waals surface area contributed by atoms with Crippen LogP contribution in [0.2, 0.25) is 0 Å². The van der Waals surface area contributed by atoms with Gasteiger partial charge in [-0.2, -0.15) is 0 Å². The predicted molar refractivity (Wildman–Crippen MR) is 63.2 cm³/mol. The molecule has 0 saturated heterocycles. The first-order valence-corrected chi connectivity index (χ1v) is 5.73. The highest BCUT2D eigenvalue weighted by Crippen LogP contribution is 1.95. The highest BCUT2D eigenvalue weighted by molar-refractivity contribution is 4.60. The lowest BCUT2D eigenvalue weighted by molar-refractivity contribution is -0.00833. The molecule has 0 heterocycles. The van der Waals surface area contributed by atoms with Crippen molar-refractivity contribution in [2.75, 3.05) is 53.5 Å². The van der Waals surface area contributed by atoms with Gasteiger partial charge in [-0.05, 0) is 27.2 Å². The van der Waals surface area contributed by atoms with Gasteiger partial charge in [0, 0.05) is 13.1 Å². The van der Waals surface area contributed by atoms with Crippen LogP contribution in [-0.4, -0.2) is 74.5 Å². The maximum atomic E-state index is 9.09. The van der Waals surface area contributed by atoms with E-state index in [-0.39, 0.29) is 12.7 Å². The van der Waals surface area contributed by atoms with Gasteiger partial charge in [0.25, 0.3) is 0 Å². The van der Waals surface area contributed by atoms with E-state index in [1.807, 2.05) is 19.0 Å². The van der Waals surface area contributed by atoms with Crippen molar-refractivity contribution in [2.45, 2.75) is 20.0 Å². The van der Waals surface area contributed by atoms with Gasteiger partial charge >= 0.3 is 0 Å². The maximum Gasteiger partial charge on any atom is 0.0932 e. The Bertz CT molecular complexity index is 139. The Morgan fingerprint density at radius 2 is 1.80 bits per heavy atom. The summed E-state index contributed by atoms with van der Waals surface area (Å²) in [6.45, 7) is 8.90. The van der Waals surface area contributed by atoms with E-state index >= 15 is 0 Å². The summed E-state index contributed by atoms with van der Waals surface area (Å²) in [7, 11) is 3.97. The Morgan fingerprint density at radius 1 is 1.20 bits per heavy atom. The van der Waals surface area contributed by atoms with Gasteiger partial charge in [-0.1, -0.05) is 13.8 Å². The first-order valence-electron chi connectivity index (χ1n) is 5.73. The zero-order valence-electron chi connectivity index (χ0n) is 10.6. The van der Waals surface area contributed by atoms with Gasteiger partial charge in [0.1, 0.15) is 0 Å². The molecule has 4 heteroatoms. The SMILES string of the molecule is CCN(CC)CCOC(CO)CN(C)C. The second kappa shape index (κ2) is 9.09. The fourth-order valence-corrected chi connectivity index (χ4v) is 1.46. The largest absolute Gasteiger partial charge is 0.394 e. The average Bonchev–Trinajstić information content (AvgIpc) is 2.22. The number of hydrogen-bond donors (Lipinski definition) is 1. The van der Waals surface area contributed by atoms with E-state index < -0.39 is 0 Å². The van der Waals surface area contributed by atoms with Crippen molar-refractivity contribution < 1.29 is 9.84 Å². The minimum Gasteiger partial charge on any atom is -0.394 e. The van der Waals surface area contributed by atoms with Crippen LogP contribution in [0, 0.1) is 0 Å². The molecule has 0 saturated carbocycles. The van der Waals surface area contributed by atoms with Crippen LogP contribution in [0.4, 0.5) is 0 Å². The molecule has 0 aromatic carbocycles. The highest BCUT2D eigenvalue weighted by atomic mass is 16.5. The molecule has 0 amide bonds. The molecule has 0 fully saturated rings. The third kappa shape index (κ3) is 7.73. The third-order valence-corrected chi connectivity index (χ3v) is 2.43. The summed E-state index contributed by atoms with van der Waals surface area (Å²) < 4.78 is 5.60. The van der Waals surface area contributed by atoms with Crippen molar-refractivity contribution in [3.8, 4) is 0 Å². The topological polar surface area (TPSA) is 35.9 Å². The molecule has 0 aromatic rings. The minimum atomic E-state index is -0.0597. The molecular weight excluding hydrogens is 192 g/mol. The molecule has 1 atom stereocenters. The molecule has 0 bridgehead atoms. The van der Waals surface area contributed by atoms with Gasteiger partial charge in [0.15, 0.2) is 0 Å². The Morgan fingerprint density at radius 3 is 2.20 bits per heavy atom. The van der Waals surface area contributed by atoms with Gasteiger partial charge < -0.3 is 19.6 Å². The molecule has 0 spiro atoms. The summed E-state index contributed by atoms with van der Waals surface area (Å²) in [4.78, 5) is 4.34. The molecule has 0 aromatic heterocycles. The molecule has 15 heavy (non-hydrogen) atoms. The standard InChI is InChI=1S/C11H26N2O2/c1-5-13(6-2)7-8-15-11(10-14)9-12(3)4/h11,14H,5-10H2,1-4H3. The van der Waals surface area contributed by atoms with Crippen molar-refractivity contribution in [1.29, 1.82) is 0 Å². The summed E-state index contributed by atoms with van der Waals surface area (Å²) in [5.74, 6) is 0. The number of aliphatic hydroxyl groups excluding tert-OH is 1. The van der Waals surface area contributed by atoms with Crippen LogP contribution in [0.5, 0.6) is 0 Å². The Balaban J connectivity index is 3.61. The van der Waals surface area contributed by atoms with Crippen LogP contribution in [0.1, 0.15) is 13.8 Å². The predicted octanol–water partition coefficient (Wildman–Crippen LogP) is 0.267. The molecular formula is C11H26N2O2. The number of nitrogens with zero attached hydrogens (tertiary/aromatic N) is 2. The van der Waals surface area contributed by atoms with Crippen molar-refractivity contribution in [3.63, 3.8) is 0 Å². The van der Waals surface area contributed by atoms with Crippen LogP contribution >= 0.6 is 0 Å². The number of ether oxygens (including phenoxy) is 1. The fourth-order valence-electron chi connectivity index (χ4n) is 1.46. The number of hydrogen-bond acceptors (Lipinski definition) is 4. The first kappa shape index (κ1) is 14.8. The van der Waals surface area contributed by atoms with Gasteiger partial charge in [0.05, 0.1) is 19.3 Å². The highest BCUT2D eigenvalue weighted by Gasteiger charge is 2.09. The lowest BCUT2D eigenvalue weighted by atomic mass is 10.3. The first-order chi connectivity index (χ1) is 7.13. The Kier molecular flexibility index (Phi) is 9.00. The van der Waals surface area contributed by atoms with Crippen molar-refractivity contribution in [3.05, 3.63) is 0 Å². The molecule has 0 aliphatic rings. The molecule has 0 radical (unpaired) electrons. The van der Waals surface area contributed by atoms with E-state index in [2.05, 4.69) is 18.7 Å². The van der Waals surface area contributed by atoms with Crippen LogP contribution in [0.25, 0.3) is 0 Å². The van der Waals surface area contributed by atoms with Crippen LogP contribution in [-0.2, 0) is 4.74 Å². The minimum absolute atomic E-state index is 0.0597. The van der Waals surface area contributed by atoms with Gasteiger partial charge in [-0.3, -0.25) is 0 Å². The van der Waals surface area contributed by atoms with E-state index in [1.165, 1.54) is 0 Å². The molecule has 0 rings (SSSR count). The van der Waals surface area contributed by atoms with E-state index in [0.29, 0.717) is 6.61 Å². The lowest BCUT2D eigenvalue weighted by Gasteiger charge is -2.22. The van der Waals surface area contributed by atoms with Crippen LogP contribution in [0.3, 0.4) is 0 Å². The maximum absolute atomic E-state index is 9.09. The van der Waals surface area contributed by atoms with Crippen molar-refractivity contribution >= 4 is 0 Å². The summed E-state index contributed by atoms with van der Waals surface area (Å²) in [5, 5.41) is 9.09. The number of aliphatic hydroxyl groups is 1. The summed E-state index contributed by atoms with van der Waals surface area (Å²) in [5.41, 5.74) is 0. The molecule has 0 aliphatic carbocycles. The van der Waals surface area contributed by atoms with Crippen LogP contribution in [0.15, 0.2) is 0 Å². The monoisotopic (exact) mass is 218 g/mol. The van der Waals surface area contributed by atoms with E-state index in [0.717, 1.165) is 26.2 Å². The van der Waals surface area contributed by atoms with Gasteiger partial charge in [-0.15, -0.1) is 0 Å². The quantitative estimate of drug-likeness (QED) is 0.602. The molecule has 4 nitrogen and oxygen atoms in total. The zero-order valence-corrected chi connectivity index (χ0v) is 10.6. The second-order valence-electron chi connectivity index (χ2n) is 3.96. The molecule has 92 valence electrons. The smallest absolute Gasteiger partial charge is 0.0932 e. The summed E-state index contributed by atoms with van der Waals surface area (Å²) >= 11 is 0. The third-order valence-electron chi connectivity index (χ3n) is 2.43.